The second-order valence-corrected chi connectivity index (χ2v) is 4.91. The van der Waals surface area contributed by atoms with Crippen molar-refractivity contribution in [1.29, 1.82) is 0 Å². The number of oxime groups is 1. The summed E-state index contributed by atoms with van der Waals surface area (Å²) in [6, 6.07) is 3.83. The molecule has 0 aliphatic rings. The van der Waals surface area contributed by atoms with E-state index in [9.17, 15) is 13.2 Å². The molecule has 1 aromatic rings. The summed E-state index contributed by atoms with van der Waals surface area (Å²) in [6.45, 7) is 1.76. The lowest BCUT2D eigenvalue weighted by atomic mass is 10.1. The van der Waals surface area contributed by atoms with Gasteiger partial charge in [-0.25, -0.2) is 0 Å². The largest absolute Gasteiger partial charge is 0.418 e. The molecule has 4 N–H and O–H groups in total. The van der Waals surface area contributed by atoms with Crippen LogP contribution in [0.1, 0.15) is 12.5 Å². The van der Waals surface area contributed by atoms with E-state index >= 15 is 0 Å². The van der Waals surface area contributed by atoms with Crippen molar-refractivity contribution >= 4 is 27.5 Å². The molecule has 106 valence electrons. The first-order valence-electron chi connectivity index (χ1n) is 5.33. The summed E-state index contributed by atoms with van der Waals surface area (Å²) in [5, 5.41) is 13.9. The van der Waals surface area contributed by atoms with E-state index in [4.69, 9.17) is 10.9 Å². The first kappa shape index (κ1) is 15.6. The van der Waals surface area contributed by atoms with Crippen LogP contribution in [-0.4, -0.2) is 17.6 Å². The molecule has 0 heterocycles. The third-order valence-electron chi connectivity index (χ3n) is 2.51. The minimum atomic E-state index is -4.45. The van der Waals surface area contributed by atoms with Gasteiger partial charge in [0, 0.05) is 22.6 Å². The molecule has 0 saturated heterocycles. The first-order valence-corrected chi connectivity index (χ1v) is 6.13. The van der Waals surface area contributed by atoms with E-state index in [1.807, 2.05) is 0 Å². The molecular formula is C11H13BrF3N3O. The zero-order valence-electron chi connectivity index (χ0n) is 10.0. The van der Waals surface area contributed by atoms with E-state index in [1.54, 1.807) is 6.92 Å². The molecule has 0 aliphatic heterocycles. The highest BCUT2D eigenvalue weighted by atomic mass is 79.9. The molecule has 0 aliphatic carbocycles. The Bertz CT molecular complexity index is 477. The molecule has 1 rings (SSSR count). The Hall–Kier alpha value is -1.44. The quantitative estimate of drug-likeness (QED) is 0.341. The van der Waals surface area contributed by atoms with Gasteiger partial charge in [0.05, 0.1) is 5.56 Å². The molecule has 0 spiro atoms. The van der Waals surface area contributed by atoms with Gasteiger partial charge in [-0.15, -0.1) is 0 Å². The van der Waals surface area contributed by atoms with E-state index in [0.717, 1.165) is 6.07 Å². The second kappa shape index (κ2) is 6.14. The van der Waals surface area contributed by atoms with Gasteiger partial charge in [-0.1, -0.05) is 28.0 Å². The van der Waals surface area contributed by atoms with Gasteiger partial charge in [0.2, 0.25) is 0 Å². The molecular weight excluding hydrogens is 327 g/mol. The normalized spacial score (nSPS) is 14.3. The fraction of sp³-hybridized carbons (Fsp3) is 0.364. The first-order chi connectivity index (χ1) is 8.75. The smallest absolute Gasteiger partial charge is 0.409 e. The fourth-order valence-electron chi connectivity index (χ4n) is 1.37. The number of nitrogens with zero attached hydrogens (tertiary/aromatic N) is 1. The Balaban J connectivity index is 2.90. The molecule has 19 heavy (non-hydrogen) atoms. The maximum atomic E-state index is 12.8. The van der Waals surface area contributed by atoms with Crippen LogP contribution in [0.5, 0.6) is 0 Å². The summed E-state index contributed by atoms with van der Waals surface area (Å²) in [4.78, 5) is 0. The van der Waals surface area contributed by atoms with Crippen molar-refractivity contribution in [2.75, 3.05) is 11.9 Å². The number of anilines is 1. The van der Waals surface area contributed by atoms with Crippen molar-refractivity contribution in [2.45, 2.75) is 13.1 Å². The summed E-state index contributed by atoms with van der Waals surface area (Å²) in [5.74, 6) is -0.437. The number of hydrogen-bond donors (Lipinski definition) is 3. The summed E-state index contributed by atoms with van der Waals surface area (Å²) < 4.78 is 38.8. The van der Waals surface area contributed by atoms with Crippen LogP contribution in [-0.2, 0) is 6.18 Å². The van der Waals surface area contributed by atoms with Gasteiger partial charge in [0.25, 0.3) is 0 Å². The molecule has 1 atom stereocenters. The summed E-state index contributed by atoms with van der Waals surface area (Å²) in [6.07, 6.45) is -4.45. The van der Waals surface area contributed by atoms with E-state index in [-0.39, 0.29) is 18.1 Å². The molecule has 0 aromatic heterocycles. The molecule has 0 saturated carbocycles. The molecule has 0 radical (unpaired) electrons. The lowest BCUT2D eigenvalue weighted by molar-refractivity contribution is -0.137. The monoisotopic (exact) mass is 339 g/mol. The number of amidine groups is 1. The van der Waals surface area contributed by atoms with Gasteiger partial charge < -0.3 is 16.3 Å². The molecule has 1 unspecified atom stereocenters. The average molecular weight is 340 g/mol. The number of nitrogens with one attached hydrogen (secondary N) is 1. The fourth-order valence-corrected chi connectivity index (χ4v) is 1.73. The van der Waals surface area contributed by atoms with Gasteiger partial charge >= 0.3 is 6.18 Å². The van der Waals surface area contributed by atoms with E-state index in [0.29, 0.717) is 4.47 Å². The number of nitrogens with two attached hydrogens (primary N) is 1. The summed E-state index contributed by atoms with van der Waals surface area (Å²) in [5.41, 5.74) is 4.54. The van der Waals surface area contributed by atoms with Crippen LogP contribution in [0.15, 0.2) is 27.8 Å². The Morgan fingerprint density at radius 1 is 1.53 bits per heavy atom. The van der Waals surface area contributed by atoms with Crippen molar-refractivity contribution in [3.63, 3.8) is 0 Å². The molecule has 0 bridgehead atoms. The summed E-state index contributed by atoms with van der Waals surface area (Å²) >= 11 is 3.00. The second-order valence-electron chi connectivity index (χ2n) is 3.99. The van der Waals surface area contributed by atoms with Crippen LogP contribution in [0.2, 0.25) is 0 Å². The maximum absolute atomic E-state index is 12.8. The van der Waals surface area contributed by atoms with Crippen molar-refractivity contribution in [3.8, 4) is 0 Å². The number of rotatable bonds is 4. The average Bonchev–Trinajstić information content (AvgIpc) is 2.34. The zero-order chi connectivity index (χ0) is 14.6. The highest BCUT2D eigenvalue weighted by Crippen LogP contribution is 2.36. The van der Waals surface area contributed by atoms with Gasteiger partial charge in [-0.2, -0.15) is 13.2 Å². The van der Waals surface area contributed by atoms with Crippen LogP contribution in [0.25, 0.3) is 0 Å². The molecule has 4 nitrogen and oxygen atoms in total. The lowest BCUT2D eigenvalue weighted by Gasteiger charge is -2.17. The van der Waals surface area contributed by atoms with Crippen molar-refractivity contribution in [2.24, 2.45) is 16.8 Å². The van der Waals surface area contributed by atoms with Crippen molar-refractivity contribution < 1.29 is 18.4 Å². The number of hydrogen-bond acceptors (Lipinski definition) is 3. The third kappa shape index (κ3) is 4.30. The SMILES string of the molecule is CC(CNc1ccc(Br)cc1C(F)(F)F)C(N)=NO. The Morgan fingerprint density at radius 3 is 2.68 bits per heavy atom. The number of alkyl halides is 3. The van der Waals surface area contributed by atoms with Crippen LogP contribution in [0.3, 0.4) is 0 Å². The Labute approximate surface area is 116 Å². The Kier molecular flexibility index (Phi) is 5.04. The molecule has 0 amide bonds. The molecule has 8 heteroatoms. The van der Waals surface area contributed by atoms with Crippen molar-refractivity contribution in [3.05, 3.63) is 28.2 Å². The maximum Gasteiger partial charge on any atom is 0.418 e. The summed E-state index contributed by atoms with van der Waals surface area (Å²) in [7, 11) is 0. The van der Waals surface area contributed by atoms with Gasteiger partial charge in [0.1, 0.15) is 5.84 Å². The van der Waals surface area contributed by atoms with Crippen LogP contribution >= 0.6 is 15.9 Å². The minimum absolute atomic E-state index is 0.0434. The number of halogens is 4. The highest BCUT2D eigenvalue weighted by Gasteiger charge is 2.33. The molecule has 0 fully saturated rings. The minimum Gasteiger partial charge on any atom is -0.409 e. The van der Waals surface area contributed by atoms with E-state index < -0.39 is 17.7 Å². The zero-order valence-corrected chi connectivity index (χ0v) is 11.6. The third-order valence-corrected chi connectivity index (χ3v) is 3.00. The highest BCUT2D eigenvalue weighted by molar-refractivity contribution is 9.10. The predicted molar refractivity (Wildman–Crippen MR) is 70.2 cm³/mol. The van der Waals surface area contributed by atoms with Crippen LogP contribution in [0.4, 0.5) is 18.9 Å². The van der Waals surface area contributed by atoms with E-state index in [1.165, 1.54) is 12.1 Å². The van der Waals surface area contributed by atoms with Crippen LogP contribution < -0.4 is 11.1 Å². The van der Waals surface area contributed by atoms with E-state index in [2.05, 4.69) is 26.4 Å². The lowest BCUT2D eigenvalue weighted by Crippen LogP contribution is -2.27. The van der Waals surface area contributed by atoms with Gasteiger partial charge in [-0.3, -0.25) is 0 Å². The Morgan fingerprint density at radius 2 is 2.16 bits per heavy atom. The van der Waals surface area contributed by atoms with Crippen LogP contribution in [0, 0.1) is 5.92 Å². The van der Waals surface area contributed by atoms with Gasteiger partial charge in [-0.05, 0) is 18.2 Å². The predicted octanol–water partition coefficient (Wildman–Crippen LogP) is 3.26. The molecule has 1 aromatic carbocycles. The standard InChI is InChI=1S/C11H13BrF3N3O/c1-6(10(16)18-19)5-17-9-3-2-7(12)4-8(9)11(13,14)15/h2-4,6,17,19H,5H2,1H3,(H2,16,18). The number of benzene rings is 1. The van der Waals surface area contributed by atoms with Gasteiger partial charge in [0.15, 0.2) is 0 Å². The van der Waals surface area contributed by atoms with Crippen molar-refractivity contribution in [1.82, 2.24) is 0 Å². The topological polar surface area (TPSA) is 70.6 Å².